The maximum atomic E-state index is 11.0. The predicted octanol–water partition coefficient (Wildman–Crippen LogP) is -0.0739. The number of aromatic nitrogens is 3. The molecule has 0 atom stereocenters. The van der Waals surface area contributed by atoms with Crippen LogP contribution in [0.15, 0.2) is 27.6 Å². The Bertz CT molecular complexity index is 503. The summed E-state index contributed by atoms with van der Waals surface area (Å²) in [6.45, 7) is 0.467. The second-order valence-electron chi connectivity index (χ2n) is 3.00. The smallest absolute Gasteiger partial charge is 0.258 e. The average molecular weight is 206 g/mol. The van der Waals surface area contributed by atoms with Crippen LogP contribution in [-0.2, 0) is 6.42 Å². The summed E-state index contributed by atoms with van der Waals surface area (Å²) < 4.78 is 4.99. The lowest BCUT2D eigenvalue weighted by molar-refractivity contribution is 0.422. The molecule has 2 rings (SSSR count). The van der Waals surface area contributed by atoms with Crippen molar-refractivity contribution in [1.29, 1.82) is 0 Å². The van der Waals surface area contributed by atoms with Crippen molar-refractivity contribution in [2.75, 3.05) is 6.54 Å². The molecule has 15 heavy (non-hydrogen) atoms. The third kappa shape index (κ3) is 2.10. The number of nitrogens with two attached hydrogens (primary N) is 1. The van der Waals surface area contributed by atoms with Gasteiger partial charge in [0, 0.05) is 24.2 Å². The topological polar surface area (TPSA) is 97.8 Å². The Balaban J connectivity index is 2.33. The van der Waals surface area contributed by atoms with Crippen LogP contribution in [0.5, 0.6) is 0 Å². The van der Waals surface area contributed by atoms with Gasteiger partial charge in [0.15, 0.2) is 5.82 Å². The van der Waals surface area contributed by atoms with Crippen molar-refractivity contribution in [2.24, 2.45) is 5.73 Å². The highest BCUT2D eigenvalue weighted by molar-refractivity contribution is 5.50. The first-order valence-electron chi connectivity index (χ1n) is 4.51. The van der Waals surface area contributed by atoms with E-state index in [4.69, 9.17) is 10.3 Å². The molecule has 0 saturated heterocycles. The Morgan fingerprint density at radius 3 is 3.13 bits per heavy atom. The second-order valence-corrected chi connectivity index (χ2v) is 3.00. The van der Waals surface area contributed by atoms with Gasteiger partial charge in [0.1, 0.15) is 0 Å². The van der Waals surface area contributed by atoms with Crippen LogP contribution in [0.2, 0.25) is 0 Å². The lowest BCUT2D eigenvalue weighted by atomic mass is 10.3. The molecule has 0 fully saturated rings. The molecule has 0 unspecified atom stereocenters. The van der Waals surface area contributed by atoms with Crippen LogP contribution < -0.4 is 11.3 Å². The van der Waals surface area contributed by atoms with Crippen molar-refractivity contribution in [3.63, 3.8) is 0 Å². The molecule has 0 saturated carbocycles. The van der Waals surface area contributed by atoms with Crippen LogP contribution >= 0.6 is 0 Å². The SMILES string of the molecule is NCCc1noc(-c2cc[nH]c(=O)c2)n1. The third-order valence-electron chi connectivity index (χ3n) is 1.86. The van der Waals surface area contributed by atoms with Gasteiger partial charge in [-0.15, -0.1) is 0 Å². The van der Waals surface area contributed by atoms with Gasteiger partial charge in [-0.3, -0.25) is 4.79 Å². The van der Waals surface area contributed by atoms with Gasteiger partial charge in [0.2, 0.25) is 5.56 Å². The lowest BCUT2D eigenvalue weighted by Crippen LogP contribution is -2.04. The Kier molecular flexibility index (Phi) is 2.59. The van der Waals surface area contributed by atoms with Crippen LogP contribution in [0.4, 0.5) is 0 Å². The monoisotopic (exact) mass is 206 g/mol. The fourth-order valence-corrected chi connectivity index (χ4v) is 1.18. The zero-order valence-electron chi connectivity index (χ0n) is 7.93. The number of hydrogen-bond donors (Lipinski definition) is 2. The molecule has 3 N–H and O–H groups in total. The Morgan fingerprint density at radius 1 is 1.53 bits per heavy atom. The van der Waals surface area contributed by atoms with E-state index in [2.05, 4.69) is 15.1 Å². The number of nitrogens with one attached hydrogen (secondary N) is 1. The molecule has 0 spiro atoms. The molecule has 0 aliphatic heterocycles. The van der Waals surface area contributed by atoms with Crippen LogP contribution in [0.25, 0.3) is 11.5 Å². The zero-order chi connectivity index (χ0) is 10.7. The van der Waals surface area contributed by atoms with E-state index < -0.39 is 0 Å². The van der Waals surface area contributed by atoms with Crippen LogP contribution in [-0.4, -0.2) is 21.7 Å². The minimum absolute atomic E-state index is 0.203. The van der Waals surface area contributed by atoms with E-state index in [0.717, 1.165) is 0 Å². The molecule has 0 radical (unpaired) electrons. The summed E-state index contributed by atoms with van der Waals surface area (Å²) in [5.41, 5.74) is 5.76. The number of nitrogens with zero attached hydrogens (tertiary/aromatic N) is 2. The Morgan fingerprint density at radius 2 is 2.40 bits per heavy atom. The first-order chi connectivity index (χ1) is 7.29. The summed E-state index contributed by atoms with van der Waals surface area (Å²) in [6.07, 6.45) is 2.09. The highest BCUT2D eigenvalue weighted by Crippen LogP contribution is 2.13. The Hall–Kier alpha value is -1.95. The summed E-state index contributed by atoms with van der Waals surface area (Å²) in [7, 11) is 0. The van der Waals surface area contributed by atoms with Crippen molar-refractivity contribution < 1.29 is 4.52 Å². The fraction of sp³-hybridized carbons (Fsp3) is 0.222. The maximum absolute atomic E-state index is 11.0. The minimum atomic E-state index is -0.203. The molecule has 2 aromatic rings. The zero-order valence-corrected chi connectivity index (χ0v) is 7.93. The molecule has 0 amide bonds. The second kappa shape index (κ2) is 4.05. The van der Waals surface area contributed by atoms with Crippen molar-refractivity contribution in [1.82, 2.24) is 15.1 Å². The van der Waals surface area contributed by atoms with Crippen LogP contribution in [0, 0.1) is 0 Å². The molecule has 0 aliphatic carbocycles. The van der Waals surface area contributed by atoms with E-state index in [0.29, 0.717) is 30.2 Å². The molecular formula is C9H10N4O2. The van der Waals surface area contributed by atoms with E-state index in [1.165, 1.54) is 12.3 Å². The normalized spacial score (nSPS) is 10.5. The van der Waals surface area contributed by atoms with Gasteiger partial charge in [-0.05, 0) is 12.6 Å². The Labute approximate surface area is 85.1 Å². The van der Waals surface area contributed by atoms with Crippen molar-refractivity contribution in [3.05, 3.63) is 34.5 Å². The average Bonchev–Trinajstić information content (AvgIpc) is 2.67. The summed E-state index contributed by atoms with van der Waals surface area (Å²) in [5, 5.41) is 3.73. The highest BCUT2D eigenvalue weighted by Gasteiger charge is 2.07. The van der Waals surface area contributed by atoms with Gasteiger partial charge in [-0.1, -0.05) is 5.16 Å². The van der Waals surface area contributed by atoms with Gasteiger partial charge in [-0.2, -0.15) is 4.98 Å². The van der Waals surface area contributed by atoms with E-state index in [1.54, 1.807) is 6.07 Å². The number of rotatable bonds is 3. The fourth-order valence-electron chi connectivity index (χ4n) is 1.18. The molecule has 78 valence electrons. The van der Waals surface area contributed by atoms with Gasteiger partial charge < -0.3 is 15.2 Å². The van der Waals surface area contributed by atoms with Gasteiger partial charge in [0.05, 0.1) is 0 Å². The maximum Gasteiger partial charge on any atom is 0.258 e. The molecule has 6 nitrogen and oxygen atoms in total. The first-order valence-corrected chi connectivity index (χ1v) is 4.51. The van der Waals surface area contributed by atoms with Crippen LogP contribution in [0.1, 0.15) is 5.82 Å². The summed E-state index contributed by atoms with van der Waals surface area (Å²) in [5.74, 6) is 0.886. The summed E-state index contributed by atoms with van der Waals surface area (Å²) in [6, 6.07) is 3.10. The van der Waals surface area contributed by atoms with E-state index in [1.807, 2.05) is 0 Å². The number of H-pyrrole nitrogens is 1. The van der Waals surface area contributed by atoms with Crippen molar-refractivity contribution in [3.8, 4) is 11.5 Å². The molecular weight excluding hydrogens is 196 g/mol. The largest absolute Gasteiger partial charge is 0.334 e. The number of hydrogen-bond acceptors (Lipinski definition) is 5. The molecule has 0 aromatic carbocycles. The van der Waals surface area contributed by atoms with Crippen LogP contribution in [0.3, 0.4) is 0 Å². The van der Waals surface area contributed by atoms with Crippen molar-refractivity contribution in [2.45, 2.75) is 6.42 Å². The lowest BCUT2D eigenvalue weighted by Gasteiger charge is -1.90. The van der Waals surface area contributed by atoms with Gasteiger partial charge in [-0.25, -0.2) is 0 Å². The summed E-state index contributed by atoms with van der Waals surface area (Å²) >= 11 is 0. The van der Waals surface area contributed by atoms with E-state index in [9.17, 15) is 4.79 Å². The molecule has 6 heteroatoms. The minimum Gasteiger partial charge on any atom is -0.334 e. The van der Waals surface area contributed by atoms with Crippen molar-refractivity contribution >= 4 is 0 Å². The van der Waals surface area contributed by atoms with E-state index >= 15 is 0 Å². The highest BCUT2D eigenvalue weighted by atomic mass is 16.5. The molecule has 0 bridgehead atoms. The molecule has 2 aromatic heterocycles. The van der Waals surface area contributed by atoms with E-state index in [-0.39, 0.29) is 5.56 Å². The van der Waals surface area contributed by atoms with Gasteiger partial charge >= 0.3 is 0 Å². The number of aromatic amines is 1. The molecule has 0 aliphatic rings. The predicted molar refractivity (Wildman–Crippen MR) is 53.1 cm³/mol. The summed E-state index contributed by atoms with van der Waals surface area (Å²) in [4.78, 5) is 17.6. The first kappa shape index (κ1) is 9.60. The number of pyridine rings is 1. The van der Waals surface area contributed by atoms with Gasteiger partial charge in [0.25, 0.3) is 5.89 Å². The quantitative estimate of drug-likeness (QED) is 0.732. The standard InChI is InChI=1S/C9H10N4O2/c10-3-1-7-12-9(15-13-7)6-2-4-11-8(14)5-6/h2,4-5H,1,3,10H2,(H,11,14). The third-order valence-corrected chi connectivity index (χ3v) is 1.86. The molecule has 2 heterocycles.